The normalized spacial score (nSPS) is 10.9. The highest BCUT2D eigenvalue weighted by atomic mass is 16.3. The van der Waals surface area contributed by atoms with Crippen molar-refractivity contribution in [2.45, 2.75) is 32.6 Å². The van der Waals surface area contributed by atoms with Crippen LogP contribution in [0.1, 0.15) is 41.8 Å². The van der Waals surface area contributed by atoms with Crippen LogP contribution in [0.15, 0.2) is 28.7 Å². The first kappa shape index (κ1) is 14.6. The van der Waals surface area contributed by atoms with Crippen molar-refractivity contribution >= 4 is 16.9 Å². The van der Waals surface area contributed by atoms with Crippen LogP contribution in [0.4, 0.5) is 0 Å². The number of fused-ring (bicyclic) bond motifs is 1. The van der Waals surface area contributed by atoms with Gasteiger partial charge in [-0.3, -0.25) is 4.79 Å². The van der Waals surface area contributed by atoms with E-state index in [1.165, 1.54) is 0 Å². The molecule has 108 valence electrons. The number of aryl methyl sites for hydroxylation is 1. The Morgan fingerprint density at radius 1 is 1.20 bits per heavy atom. The van der Waals surface area contributed by atoms with Crippen LogP contribution in [0.5, 0.6) is 0 Å². The number of furan rings is 1. The molecular weight excluding hydrogens is 252 g/mol. The van der Waals surface area contributed by atoms with Gasteiger partial charge in [0.05, 0.1) is 0 Å². The molecule has 1 heterocycles. The van der Waals surface area contributed by atoms with E-state index < -0.39 is 0 Å². The molecule has 3 N–H and O–H groups in total. The molecule has 20 heavy (non-hydrogen) atoms. The van der Waals surface area contributed by atoms with Crippen LogP contribution in [0.3, 0.4) is 0 Å². The van der Waals surface area contributed by atoms with E-state index in [1.54, 1.807) is 6.07 Å². The number of carbonyl (C=O) groups excluding carboxylic acids is 1. The van der Waals surface area contributed by atoms with Crippen molar-refractivity contribution in [3.63, 3.8) is 0 Å². The Morgan fingerprint density at radius 2 is 2.00 bits per heavy atom. The first-order chi connectivity index (χ1) is 9.70. The quantitative estimate of drug-likeness (QED) is 0.763. The molecule has 0 saturated carbocycles. The minimum Gasteiger partial charge on any atom is -0.461 e. The fourth-order valence-electron chi connectivity index (χ4n) is 2.24. The molecule has 0 radical (unpaired) electrons. The second-order valence-corrected chi connectivity index (χ2v) is 5.07. The van der Waals surface area contributed by atoms with Gasteiger partial charge in [0.1, 0.15) is 11.3 Å². The number of nitrogens with two attached hydrogens (primary N) is 1. The third kappa shape index (κ3) is 3.84. The van der Waals surface area contributed by atoms with Gasteiger partial charge >= 0.3 is 0 Å². The van der Waals surface area contributed by atoms with Crippen molar-refractivity contribution in [1.82, 2.24) is 5.32 Å². The van der Waals surface area contributed by atoms with Gasteiger partial charge in [-0.05, 0) is 50.6 Å². The molecule has 0 aliphatic carbocycles. The number of hydrogen-bond acceptors (Lipinski definition) is 3. The van der Waals surface area contributed by atoms with Gasteiger partial charge < -0.3 is 15.5 Å². The van der Waals surface area contributed by atoms with Gasteiger partial charge in [0.15, 0.2) is 0 Å². The smallest absolute Gasteiger partial charge is 0.251 e. The van der Waals surface area contributed by atoms with Gasteiger partial charge in [-0.25, -0.2) is 0 Å². The Labute approximate surface area is 119 Å². The second-order valence-electron chi connectivity index (χ2n) is 5.07. The van der Waals surface area contributed by atoms with Crippen LogP contribution in [-0.4, -0.2) is 19.0 Å². The number of hydrogen-bond donors (Lipinski definition) is 2. The molecule has 2 aromatic rings. The third-order valence-electron chi connectivity index (χ3n) is 3.32. The number of unbranched alkanes of at least 4 members (excludes halogenated alkanes) is 3. The van der Waals surface area contributed by atoms with Crippen molar-refractivity contribution in [3.8, 4) is 0 Å². The van der Waals surface area contributed by atoms with Gasteiger partial charge in [0.2, 0.25) is 0 Å². The summed E-state index contributed by atoms with van der Waals surface area (Å²) in [6.07, 6.45) is 4.30. The molecule has 1 aromatic heterocycles. The van der Waals surface area contributed by atoms with Crippen molar-refractivity contribution in [2.75, 3.05) is 13.1 Å². The van der Waals surface area contributed by atoms with Gasteiger partial charge in [-0.15, -0.1) is 0 Å². The van der Waals surface area contributed by atoms with Crippen LogP contribution in [0, 0.1) is 6.92 Å². The predicted octanol–water partition coefficient (Wildman–Crippen LogP) is 2.99. The van der Waals surface area contributed by atoms with E-state index in [2.05, 4.69) is 5.32 Å². The molecule has 0 saturated heterocycles. The predicted molar refractivity (Wildman–Crippen MR) is 80.8 cm³/mol. The van der Waals surface area contributed by atoms with E-state index in [9.17, 15) is 4.79 Å². The molecule has 0 fully saturated rings. The molecule has 0 unspecified atom stereocenters. The Bertz CT molecular complexity index is 575. The molecule has 0 aliphatic heterocycles. The standard InChI is InChI=1S/C16H22N2O2/c1-12-10-14-11-13(6-7-15(14)20-12)16(19)18-9-5-3-2-4-8-17/h6-7,10-11H,2-5,8-9,17H2,1H3,(H,18,19). The average molecular weight is 274 g/mol. The Hall–Kier alpha value is -1.81. The number of nitrogens with one attached hydrogen (secondary N) is 1. The minimum atomic E-state index is -0.0235. The van der Waals surface area contributed by atoms with Gasteiger partial charge in [-0.2, -0.15) is 0 Å². The van der Waals surface area contributed by atoms with E-state index in [1.807, 2.05) is 25.1 Å². The lowest BCUT2D eigenvalue weighted by molar-refractivity contribution is 0.0953. The summed E-state index contributed by atoms with van der Waals surface area (Å²) in [7, 11) is 0. The van der Waals surface area contributed by atoms with Crippen molar-refractivity contribution in [2.24, 2.45) is 5.73 Å². The summed E-state index contributed by atoms with van der Waals surface area (Å²) in [5.74, 6) is 0.835. The SMILES string of the molecule is Cc1cc2cc(C(=O)NCCCCCCN)ccc2o1. The zero-order valence-electron chi connectivity index (χ0n) is 11.9. The van der Waals surface area contributed by atoms with Gasteiger partial charge in [0, 0.05) is 17.5 Å². The van der Waals surface area contributed by atoms with Crippen LogP contribution in [0.25, 0.3) is 11.0 Å². The summed E-state index contributed by atoms with van der Waals surface area (Å²) in [5, 5.41) is 3.92. The molecule has 1 aromatic carbocycles. The van der Waals surface area contributed by atoms with Crippen LogP contribution >= 0.6 is 0 Å². The van der Waals surface area contributed by atoms with Crippen molar-refractivity contribution in [1.29, 1.82) is 0 Å². The highest BCUT2D eigenvalue weighted by Crippen LogP contribution is 2.20. The van der Waals surface area contributed by atoms with Crippen molar-refractivity contribution < 1.29 is 9.21 Å². The summed E-state index contributed by atoms with van der Waals surface area (Å²) in [6, 6.07) is 7.46. The Morgan fingerprint density at radius 3 is 2.80 bits per heavy atom. The number of benzene rings is 1. The van der Waals surface area contributed by atoms with E-state index in [4.69, 9.17) is 10.2 Å². The van der Waals surface area contributed by atoms with E-state index in [0.717, 1.165) is 49.0 Å². The maximum atomic E-state index is 12.0. The summed E-state index contributed by atoms with van der Waals surface area (Å²) in [4.78, 5) is 12.0. The molecular formula is C16H22N2O2. The maximum absolute atomic E-state index is 12.0. The lowest BCUT2D eigenvalue weighted by Gasteiger charge is -2.05. The van der Waals surface area contributed by atoms with Gasteiger partial charge in [-0.1, -0.05) is 12.8 Å². The molecule has 4 nitrogen and oxygen atoms in total. The molecule has 0 spiro atoms. The second kappa shape index (κ2) is 7.10. The monoisotopic (exact) mass is 274 g/mol. The van der Waals surface area contributed by atoms with Crippen LogP contribution in [-0.2, 0) is 0 Å². The van der Waals surface area contributed by atoms with E-state index in [0.29, 0.717) is 12.1 Å². The molecule has 4 heteroatoms. The first-order valence-electron chi connectivity index (χ1n) is 7.19. The summed E-state index contributed by atoms with van der Waals surface area (Å²) in [6.45, 7) is 3.36. The van der Waals surface area contributed by atoms with Crippen LogP contribution < -0.4 is 11.1 Å². The number of carbonyl (C=O) groups is 1. The van der Waals surface area contributed by atoms with Crippen LogP contribution in [0.2, 0.25) is 0 Å². The molecule has 0 aliphatic rings. The zero-order chi connectivity index (χ0) is 14.4. The maximum Gasteiger partial charge on any atom is 0.251 e. The first-order valence-corrected chi connectivity index (χ1v) is 7.19. The molecule has 0 atom stereocenters. The number of rotatable bonds is 7. The summed E-state index contributed by atoms with van der Waals surface area (Å²) >= 11 is 0. The molecule has 0 bridgehead atoms. The largest absolute Gasteiger partial charge is 0.461 e. The highest BCUT2D eigenvalue weighted by molar-refractivity contribution is 5.97. The molecule has 1 amide bonds. The zero-order valence-corrected chi connectivity index (χ0v) is 11.9. The molecule has 2 rings (SSSR count). The number of amides is 1. The highest BCUT2D eigenvalue weighted by Gasteiger charge is 2.07. The average Bonchev–Trinajstić information content (AvgIpc) is 2.81. The van der Waals surface area contributed by atoms with Gasteiger partial charge in [0.25, 0.3) is 5.91 Å². The lowest BCUT2D eigenvalue weighted by Crippen LogP contribution is -2.24. The third-order valence-corrected chi connectivity index (χ3v) is 3.32. The Kier molecular flexibility index (Phi) is 5.18. The fourth-order valence-corrected chi connectivity index (χ4v) is 2.24. The summed E-state index contributed by atoms with van der Waals surface area (Å²) < 4.78 is 5.50. The topological polar surface area (TPSA) is 68.3 Å². The fraction of sp³-hybridized carbons (Fsp3) is 0.438. The van der Waals surface area contributed by atoms with Crippen molar-refractivity contribution in [3.05, 3.63) is 35.6 Å². The van der Waals surface area contributed by atoms with E-state index >= 15 is 0 Å². The Balaban J connectivity index is 1.84. The van der Waals surface area contributed by atoms with E-state index in [-0.39, 0.29) is 5.91 Å². The lowest BCUT2D eigenvalue weighted by atomic mass is 10.1. The summed E-state index contributed by atoms with van der Waals surface area (Å²) in [5.41, 5.74) is 6.94. The minimum absolute atomic E-state index is 0.0235.